The molecule has 0 bridgehead atoms. The molecule has 5 heteroatoms. The molecular formula is C8H6FN3S. The summed E-state index contributed by atoms with van der Waals surface area (Å²) in [7, 11) is 0. The molecule has 0 aliphatic heterocycles. The lowest BCUT2D eigenvalue weighted by molar-refractivity contribution is 0.628. The minimum Gasteiger partial charge on any atom is -0.330 e. The van der Waals surface area contributed by atoms with Crippen LogP contribution in [0.25, 0.3) is 0 Å². The molecule has 66 valence electrons. The van der Waals surface area contributed by atoms with Gasteiger partial charge < -0.3 is 5.32 Å². The van der Waals surface area contributed by atoms with Crippen LogP contribution in [0.3, 0.4) is 0 Å². The van der Waals surface area contributed by atoms with Crippen LogP contribution in [-0.4, -0.2) is 10.2 Å². The molecule has 0 amide bonds. The Labute approximate surface area is 78.3 Å². The van der Waals surface area contributed by atoms with Crippen molar-refractivity contribution in [1.29, 1.82) is 0 Å². The van der Waals surface area contributed by atoms with E-state index in [4.69, 9.17) is 0 Å². The lowest BCUT2D eigenvalue weighted by Crippen LogP contribution is -1.89. The maximum atomic E-state index is 12.5. The molecule has 0 aliphatic rings. The molecule has 0 atom stereocenters. The van der Waals surface area contributed by atoms with Crippen LogP contribution in [0.5, 0.6) is 0 Å². The molecular weight excluding hydrogens is 189 g/mol. The number of rotatable bonds is 2. The zero-order valence-corrected chi connectivity index (χ0v) is 7.38. The Morgan fingerprint density at radius 3 is 2.62 bits per heavy atom. The van der Waals surface area contributed by atoms with E-state index in [1.54, 1.807) is 17.6 Å². The van der Waals surface area contributed by atoms with Gasteiger partial charge in [0.1, 0.15) is 11.3 Å². The van der Waals surface area contributed by atoms with Crippen LogP contribution in [0, 0.1) is 5.82 Å². The second-order valence-electron chi connectivity index (χ2n) is 2.38. The molecule has 13 heavy (non-hydrogen) atoms. The Morgan fingerprint density at radius 1 is 1.23 bits per heavy atom. The van der Waals surface area contributed by atoms with E-state index >= 15 is 0 Å². The van der Waals surface area contributed by atoms with Gasteiger partial charge >= 0.3 is 0 Å². The molecule has 1 aromatic heterocycles. The molecule has 3 nitrogen and oxygen atoms in total. The summed E-state index contributed by atoms with van der Waals surface area (Å²) in [6.07, 6.45) is 0. The highest BCUT2D eigenvalue weighted by atomic mass is 32.1. The van der Waals surface area contributed by atoms with Gasteiger partial charge in [0, 0.05) is 5.69 Å². The van der Waals surface area contributed by atoms with Gasteiger partial charge in [0.15, 0.2) is 0 Å². The maximum absolute atomic E-state index is 12.5. The lowest BCUT2D eigenvalue weighted by Gasteiger charge is -1.99. The number of nitrogens with one attached hydrogen (secondary N) is 1. The van der Waals surface area contributed by atoms with Gasteiger partial charge in [-0.05, 0) is 24.3 Å². The van der Waals surface area contributed by atoms with E-state index in [1.807, 2.05) is 0 Å². The first-order valence-electron chi connectivity index (χ1n) is 3.63. The highest BCUT2D eigenvalue weighted by Gasteiger charge is 1.96. The van der Waals surface area contributed by atoms with Gasteiger partial charge in [-0.3, -0.25) is 0 Å². The van der Waals surface area contributed by atoms with Crippen molar-refractivity contribution < 1.29 is 4.39 Å². The van der Waals surface area contributed by atoms with Crippen LogP contribution in [0.15, 0.2) is 29.8 Å². The third-order valence-corrected chi connectivity index (χ3v) is 2.06. The summed E-state index contributed by atoms with van der Waals surface area (Å²) in [5.41, 5.74) is 2.43. The molecule has 0 unspecified atom stereocenters. The lowest BCUT2D eigenvalue weighted by atomic mass is 10.3. The van der Waals surface area contributed by atoms with Crippen molar-refractivity contribution in [1.82, 2.24) is 10.2 Å². The SMILES string of the molecule is Fc1ccc(Nc2nncs2)cc1. The average Bonchev–Trinajstić information content (AvgIpc) is 2.62. The molecule has 0 saturated carbocycles. The van der Waals surface area contributed by atoms with Gasteiger partial charge in [0.2, 0.25) is 5.13 Å². The van der Waals surface area contributed by atoms with Crippen LogP contribution in [-0.2, 0) is 0 Å². The maximum Gasteiger partial charge on any atom is 0.209 e. The fourth-order valence-electron chi connectivity index (χ4n) is 0.884. The van der Waals surface area contributed by atoms with E-state index in [0.717, 1.165) is 5.69 Å². The first kappa shape index (κ1) is 8.12. The van der Waals surface area contributed by atoms with E-state index in [-0.39, 0.29) is 5.82 Å². The van der Waals surface area contributed by atoms with Crippen LogP contribution in [0.4, 0.5) is 15.2 Å². The Morgan fingerprint density at radius 2 is 2.00 bits per heavy atom. The largest absolute Gasteiger partial charge is 0.330 e. The molecule has 1 aromatic carbocycles. The molecule has 0 radical (unpaired) electrons. The van der Waals surface area contributed by atoms with Crippen molar-refractivity contribution in [3.63, 3.8) is 0 Å². The second kappa shape index (κ2) is 3.49. The van der Waals surface area contributed by atoms with Crippen molar-refractivity contribution >= 4 is 22.2 Å². The Hall–Kier alpha value is -1.49. The van der Waals surface area contributed by atoms with Crippen LogP contribution < -0.4 is 5.32 Å². The van der Waals surface area contributed by atoms with Gasteiger partial charge in [-0.15, -0.1) is 10.2 Å². The van der Waals surface area contributed by atoms with Gasteiger partial charge in [-0.1, -0.05) is 11.3 Å². The van der Waals surface area contributed by atoms with Gasteiger partial charge in [-0.2, -0.15) is 0 Å². The smallest absolute Gasteiger partial charge is 0.209 e. The van der Waals surface area contributed by atoms with E-state index in [0.29, 0.717) is 5.13 Å². The number of anilines is 2. The number of aromatic nitrogens is 2. The molecule has 0 aliphatic carbocycles. The first-order chi connectivity index (χ1) is 6.34. The summed E-state index contributed by atoms with van der Waals surface area (Å²) in [5, 5.41) is 11.2. The monoisotopic (exact) mass is 195 g/mol. The zero-order valence-electron chi connectivity index (χ0n) is 6.57. The van der Waals surface area contributed by atoms with E-state index in [1.165, 1.54) is 23.5 Å². The molecule has 0 fully saturated rings. The van der Waals surface area contributed by atoms with Crippen molar-refractivity contribution in [3.8, 4) is 0 Å². The number of benzene rings is 1. The zero-order chi connectivity index (χ0) is 9.10. The Kier molecular flexibility index (Phi) is 2.18. The molecule has 2 rings (SSSR count). The quantitative estimate of drug-likeness (QED) is 0.799. The Balaban J connectivity index is 2.15. The summed E-state index contributed by atoms with van der Waals surface area (Å²) in [5.74, 6) is -0.247. The van der Waals surface area contributed by atoms with Crippen LogP contribution in [0.2, 0.25) is 0 Å². The average molecular weight is 195 g/mol. The summed E-state index contributed by atoms with van der Waals surface area (Å²) < 4.78 is 12.5. The van der Waals surface area contributed by atoms with Gasteiger partial charge in [0.05, 0.1) is 0 Å². The van der Waals surface area contributed by atoms with Crippen molar-refractivity contribution in [2.24, 2.45) is 0 Å². The third kappa shape index (κ3) is 2.00. The molecule has 1 N–H and O–H groups in total. The van der Waals surface area contributed by atoms with Crippen molar-refractivity contribution in [3.05, 3.63) is 35.6 Å². The minimum atomic E-state index is -0.247. The van der Waals surface area contributed by atoms with Crippen LogP contribution >= 0.6 is 11.3 Å². The molecule has 0 spiro atoms. The summed E-state index contributed by atoms with van der Waals surface area (Å²) in [6.45, 7) is 0. The standard InChI is InChI=1S/C8H6FN3S/c9-6-1-3-7(4-2-6)11-8-12-10-5-13-8/h1-5H,(H,11,12). The highest BCUT2D eigenvalue weighted by molar-refractivity contribution is 7.13. The van der Waals surface area contributed by atoms with E-state index in [9.17, 15) is 4.39 Å². The molecule has 1 heterocycles. The summed E-state index contributed by atoms with van der Waals surface area (Å²) >= 11 is 1.39. The predicted octanol–water partition coefficient (Wildman–Crippen LogP) is 2.42. The molecule has 2 aromatic rings. The summed E-state index contributed by atoms with van der Waals surface area (Å²) in [6, 6.07) is 6.08. The number of hydrogen-bond donors (Lipinski definition) is 1. The number of nitrogens with zero attached hydrogens (tertiary/aromatic N) is 2. The topological polar surface area (TPSA) is 37.8 Å². The normalized spacial score (nSPS) is 9.92. The van der Waals surface area contributed by atoms with E-state index in [2.05, 4.69) is 15.5 Å². The number of halogens is 1. The first-order valence-corrected chi connectivity index (χ1v) is 4.51. The third-order valence-electron chi connectivity index (χ3n) is 1.46. The summed E-state index contributed by atoms with van der Waals surface area (Å²) in [4.78, 5) is 0. The van der Waals surface area contributed by atoms with Crippen molar-refractivity contribution in [2.75, 3.05) is 5.32 Å². The highest BCUT2D eigenvalue weighted by Crippen LogP contribution is 2.17. The Bertz CT molecular complexity index is 371. The van der Waals surface area contributed by atoms with Gasteiger partial charge in [0.25, 0.3) is 0 Å². The second-order valence-corrected chi connectivity index (χ2v) is 3.21. The fourth-order valence-corrected chi connectivity index (χ4v) is 1.35. The predicted molar refractivity (Wildman–Crippen MR) is 49.6 cm³/mol. The van der Waals surface area contributed by atoms with E-state index < -0.39 is 0 Å². The van der Waals surface area contributed by atoms with Gasteiger partial charge in [-0.25, -0.2) is 4.39 Å². The fraction of sp³-hybridized carbons (Fsp3) is 0. The van der Waals surface area contributed by atoms with Crippen LogP contribution in [0.1, 0.15) is 0 Å². The minimum absolute atomic E-state index is 0.247. The van der Waals surface area contributed by atoms with Crippen molar-refractivity contribution in [2.45, 2.75) is 0 Å². The number of hydrogen-bond acceptors (Lipinski definition) is 4. The molecule has 0 saturated heterocycles.